The molecule has 2 aliphatic rings. The minimum Gasteiger partial charge on any atom is -0.398 e. The molecule has 1 aliphatic carbocycles. The second-order valence-corrected chi connectivity index (χ2v) is 10.3. The zero-order chi connectivity index (χ0) is 22.7. The highest BCUT2D eigenvalue weighted by Gasteiger charge is 2.45. The third-order valence-corrected chi connectivity index (χ3v) is 7.36. The quantitative estimate of drug-likeness (QED) is 0.563. The number of nitrogens with zero attached hydrogens (tertiary/aromatic N) is 2. The normalized spacial score (nSPS) is 18.7. The molecule has 8 nitrogen and oxygen atoms in total. The Morgan fingerprint density at radius 3 is 2.72 bits per heavy atom. The van der Waals surface area contributed by atoms with E-state index in [9.17, 15) is 9.59 Å². The Bertz CT molecular complexity index is 1050. The minimum absolute atomic E-state index is 0.187. The van der Waals surface area contributed by atoms with Crippen molar-refractivity contribution in [2.75, 3.05) is 37.1 Å². The zero-order valence-electron chi connectivity index (χ0n) is 17.9. The number of morpholine rings is 1. The SMILES string of the molecule is CON=C1COCCN1c1ccc(NC(=O)C2(NC(=O)c3ccc(Br)s3)CCC2)cc1C. The van der Waals surface area contributed by atoms with Gasteiger partial charge in [0.15, 0.2) is 5.84 Å². The van der Waals surface area contributed by atoms with Crippen molar-refractivity contribution in [2.24, 2.45) is 5.16 Å². The van der Waals surface area contributed by atoms with Crippen LogP contribution in [0.2, 0.25) is 0 Å². The molecule has 2 amide bonds. The lowest BCUT2D eigenvalue weighted by Crippen LogP contribution is -2.61. The number of anilines is 2. The Balaban J connectivity index is 1.47. The van der Waals surface area contributed by atoms with Crippen molar-refractivity contribution in [3.63, 3.8) is 0 Å². The molecule has 1 saturated heterocycles. The number of benzene rings is 1. The number of carbonyl (C=O) groups excluding carboxylic acids is 2. The standard InChI is InChI=1S/C22H25BrN4O4S/c1-14-12-15(4-5-16(14)27-10-11-31-13-19(27)26-30-2)24-21(29)22(8-3-9-22)25-20(28)17-6-7-18(23)32-17/h4-7,12H,3,8-11,13H2,1-2H3,(H,24,29)(H,25,28). The summed E-state index contributed by atoms with van der Waals surface area (Å²) >= 11 is 4.72. The molecule has 10 heteroatoms. The Morgan fingerprint density at radius 1 is 1.28 bits per heavy atom. The number of nitrogens with one attached hydrogen (secondary N) is 2. The van der Waals surface area contributed by atoms with Crippen LogP contribution in [0.3, 0.4) is 0 Å². The van der Waals surface area contributed by atoms with Gasteiger partial charge in [-0.2, -0.15) is 0 Å². The van der Waals surface area contributed by atoms with E-state index >= 15 is 0 Å². The first-order chi connectivity index (χ1) is 15.4. The second kappa shape index (κ2) is 9.60. The topological polar surface area (TPSA) is 92.3 Å². The maximum atomic E-state index is 13.1. The second-order valence-electron chi connectivity index (χ2n) is 7.84. The van der Waals surface area contributed by atoms with Gasteiger partial charge in [-0.05, 0) is 78.0 Å². The van der Waals surface area contributed by atoms with Gasteiger partial charge in [0.2, 0.25) is 5.91 Å². The van der Waals surface area contributed by atoms with Crippen LogP contribution in [0.15, 0.2) is 39.3 Å². The molecule has 32 heavy (non-hydrogen) atoms. The van der Waals surface area contributed by atoms with Gasteiger partial charge in [0.1, 0.15) is 19.3 Å². The molecule has 1 aromatic carbocycles. The summed E-state index contributed by atoms with van der Waals surface area (Å²) in [6.07, 6.45) is 2.15. The van der Waals surface area contributed by atoms with Crippen LogP contribution in [0.4, 0.5) is 11.4 Å². The number of hydrogen-bond acceptors (Lipinski definition) is 6. The summed E-state index contributed by atoms with van der Waals surface area (Å²) in [6.45, 7) is 3.64. The van der Waals surface area contributed by atoms with E-state index < -0.39 is 5.54 Å². The molecular formula is C22H25BrN4O4S. The Hall–Kier alpha value is -2.43. The summed E-state index contributed by atoms with van der Waals surface area (Å²) in [7, 11) is 1.51. The Labute approximate surface area is 199 Å². The van der Waals surface area contributed by atoms with Crippen LogP contribution < -0.4 is 15.5 Å². The number of rotatable bonds is 6. The largest absolute Gasteiger partial charge is 0.398 e. The van der Waals surface area contributed by atoms with Crippen LogP contribution in [0.1, 0.15) is 34.5 Å². The van der Waals surface area contributed by atoms with Crippen LogP contribution in [0, 0.1) is 6.92 Å². The summed E-state index contributed by atoms with van der Waals surface area (Å²) in [5, 5.41) is 10.0. The fraction of sp³-hybridized carbons (Fsp3) is 0.409. The number of halogens is 1. The van der Waals surface area contributed by atoms with Crippen molar-refractivity contribution in [3.05, 3.63) is 44.6 Å². The first-order valence-electron chi connectivity index (χ1n) is 10.4. The molecule has 0 spiro atoms. The number of oxime groups is 1. The van der Waals surface area contributed by atoms with Gasteiger partial charge in [0.05, 0.1) is 15.3 Å². The van der Waals surface area contributed by atoms with Crippen molar-refractivity contribution in [1.82, 2.24) is 5.32 Å². The average Bonchev–Trinajstić information content (AvgIpc) is 3.18. The van der Waals surface area contributed by atoms with Gasteiger partial charge in [-0.25, -0.2) is 0 Å². The lowest BCUT2D eigenvalue weighted by Gasteiger charge is -2.40. The lowest BCUT2D eigenvalue weighted by molar-refractivity contribution is -0.125. The van der Waals surface area contributed by atoms with Gasteiger partial charge in [-0.15, -0.1) is 11.3 Å². The highest BCUT2D eigenvalue weighted by Crippen LogP contribution is 2.35. The van der Waals surface area contributed by atoms with Gasteiger partial charge in [-0.3, -0.25) is 9.59 Å². The van der Waals surface area contributed by atoms with E-state index in [0.717, 1.165) is 21.5 Å². The number of aryl methyl sites for hydroxylation is 1. The van der Waals surface area contributed by atoms with Gasteiger partial charge >= 0.3 is 0 Å². The molecule has 0 bridgehead atoms. The summed E-state index contributed by atoms with van der Waals surface area (Å²) in [5.74, 6) is 0.294. The predicted molar refractivity (Wildman–Crippen MR) is 128 cm³/mol. The Morgan fingerprint density at radius 2 is 2.09 bits per heavy atom. The number of carbonyl (C=O) groups is 2. The number of hydrogen-bond donors (Lipinski definition) is 2. The smallest absolute Gasteiger partial charge is 0.262 e. The van der Waals surface area contributed by atoms with E-state index in [1.54, 1.807) is 6.07 Å². The number of amidine groups is 1. The van der Waals surface area contributed by atoms with Crippen molar-refractivity contribution < 1.29 is 19.2 Å². The molecule has 1 aromatic heterocycles. The molecule has 170 valence electrons. The lowest BCUT2D eigenvalue weighted by atomic mass is 9.75. The monoisotopic (exact) mass is 520 g/mol. The zero-order valence-corrected chi connectivity index (χ0v) is 20.3. The van der Waals surface area contributed by atoms with E-state index in [1.165, 1.54) is 18.4 Å². The van der Waals surface area contributed by atoms with Crippen molar-refractivity contribution in [3.8, 4) is 0 Å². The van der Waals surface area contributed by atoms with Gasteiger partial charge in [-0.1, -0.05) is 5.16 Å². The first kappa shape index (κ1) is 22.8. The number of amides is 2. The van der Waals surface area contributed by atoms with Gasteiger partial charge in [0.25, 0.3) is 5.91 Å². The summed E-state index contributed by atoms with van der Waals surface area (Å²) in [5.41, 5.74) is 1.79. The minimum atomic E-state index is -0.872. The van der Waals surface area contributed by atoms with Crippen molar-refractivity contribution >= 4 is 56.3 Å². The molecule has 2 N–H and O–H groups in total. The van der Waals surface area contributed by atoms with Crippen LogP contribution >= 0.6 is 27.3 Å². The average molecular weight is 521 g/mol. The van der Waals surface area contributed by atoms with Crippen LogP contribution in [-0.2, 0) is 14.4 Å². The van der Waals surface area contributed by atoms with Crippen LogP contribution in [-0.4, -0.2) is 50.1 Å². The third kappa shape index (κ3) is 4.67. The van der Waals surface area contributed by atoms with Gasteiger partial charge < -0.3 is 25.1 Å². The molecule has 0 atom stereocenters. The van der Waals surface area contributed by atoms with E-state index in [-0.39, 0.29) is 11.8 Å². The predicted octanol–water partition coefficient (Wildman–Crippen LogP) is 3.91. The maximum absolute atomic E-state index is 13.1. The summed E-state index contributed by atoms with van der Waals surface area (Å²) < 4.78 is 6.36. The fourth-order valence-electron chi connectivity index (χ4n) is 3.91. The van der Waals surface area contributed by atoms with E-state index in [4.69, 9.17) is 9.57 Å². The fourth-order valence-corrected chi connectivity index (χ4v) is 5.19. The van der Waals surface area contributed by atoms with Crippen LogP contribution in [0.5, 0.6) is 0 Å². The molecule has 4 rings (SSSR count). The van der Waals surface area contributed by atoms with Crippen LogP contribution in [0.25, 0.3) is 0 Å². The first-order valence-corrected chi connectivity index (χ1v) is 12.0. The van der Waals surface area contributed by atoms with E-state index in [0.29, 0.717) is 49.0 Å². The molecule has 2 aromatic rings. The molecule has 0 radical (unpaired) electrons. The molecule has 1 aliphatic heterocycles. The Kier molecular flexibility index (Phi) is 6.82. The third-order valence-electron chi connectivity index (χ3n) is 5.74. The molecule has 1 saturated carbocycles. The summed E-state index contributed by atoms with van der Waals surface area (Å²) in [4.78, 5) is 33.4. The maximum Gasteiger partial charge on any atom is 0.262 e. The molecule has 2 fully saturated rings. The van der Waals surface area contributed by atoms with Crippen molar-refractivity contribution in [2.45, 2.75) is 31.7 Å². The molecule has 2 heterocycles. The van der Waals surface area contributed by atoms with Crippen molar-refractivity contribution in [1.29, 1.82) is 0 Å². The summed E-state index contributed by atoms with van der Waals surface area (Å²) in [6, 6.07) is 9.33. The van der Waals surface area contributed by atoms with E-state index in [2.05, 4.69) is 36.6 Å². The molecule has 0 unspecified atom stereocenters. The highest BCUT2D eigenvalue weighted by molar-refractivity contribution is 9.11. The van der Waals surface area contributed by atoms with Gasteiger partial charge in [0, 0.05) is 17.9 Å². The van der Waals surface area contributed by atoms with E-state index in [1.807, 2.05) is 31.2 Å². The highest BCUT2D eigenvalue weighted by atomic mass is 79.9. The number of ether oxygens (including phenoxy) is 1. The number of thiophene rings is 1. The molecular weight excluding hydrogens is 496 g/mol.